The van der Waals surface area contributed by atoms with E-state index in [0.717, 1.165) is 18.8 Å². The van der Waals surface area contributed by atoms with Gasteiger partial charge in [0.05, 0.1) is 11.9 Å². The van der Waals surface area contributed by atoms with Crippen LogP contribution in [0.3, 0.4) is 0 Å². The summed E-state index contributed by atoms with van der Waals surface area (Å²) in [6.45, 7) is 1.63. The van der Waals surface area contributed by atoms with Crippen LogP contribution in [0.15, 0.2) is 30.6 Å². The molecule has 2 heterocycles. The van der Waals surface area contributed by atoms with Gasteiger partial charge in [-0.15, -0.1) is 0 Å². The van der Waals surface area contributed by atoms with Crippen molar-refractivity contribution in [1.29, 1.82) is 0 Å². The lowest BCUT2D eigenvalue weighted by Crippen LogP contribution is -2.17. The van der Waals surface area contributed by atoms with Crippen LogP contribution in [0.1, 0.15) is 11.3 Å². The molecule has 0 bridgehead atoms. The molecule has 5 nitrogen and oxygen atoms in total. The van der Waals surface area contributed by atoms with Gasteiger partial charge in [0.15, 0.2) is 0 Å². The van der Waals surface area contributed by atoms with Gasteiger partial charge in [0.1, 0.15) is 5.82 Å². The van der Waals surface area contributed by atoms with Crippen molar-refractivity contribution in [2.45, 2.75) is 13.1 Å². The average molecular weight is 231 g/mol. The summed E-state index contributed by atoms with van der Waals surface area (Å²) in [5.74, 6) is 0.567. The molecule has 0 amide bonds. The van der Waals surface area contributed by atoms with Gasteiger partial charge in [-0.1, -0.05) is 6.07 Å². The van der Waals surface area contributed by atoms with E-state index >= 15 is 0 Å². The summed E-state index contributed by atoms with van der Waals surface area (Å²) < 4.78 is 1.81. The predicted octanol–water partition coefficient (Wildman–Crippen LogP) is 1.03. The van der Waals surface area contributed by atoms with Crippen LogP contribution < -0.4 is 5.73 Å². The average Bonchev–Trinajstić information content (AvgIpc) is 2.63. The van der Waals surface area contributed by atoms with E-state index in [1.807, 2.05) is 36.3 Å². The Morgan fingerprint density at radius 2 is 2.18 bits per heavy atom. The predicted molar refractivity (Wildman–Crippen MR) is 67.0 cm³/mol. The van der Waals surface area contributed by atoms with Crippen molar-refractivity contribution in [3.8, 4) is 0 Å². The molecule has 2 N–H and O–H groups in total. The topological polar surface area (TPSA) is 60.0 Å². The molecule has 0 saturated heterocycles. The lowest BCUT2D eigenvalue weighted by molar-refractivity contribution is 0.315. The van der Waals surface area contributed by atoms with Gasteiger partial charge in [-0.25, -0.2) is 4.98 Å². The maximum atomic E-state index is 5.65. The first kappa shape index (κ1) is 11.6. The summed E-state index contributed by atoms with van der Waals surface area (Å²) in [6, 6.07) is 5.70. The Balaban J connectivity index is 1.95. The van der Waals surface area contributed by atoms with Gasteiger partial charge in [-0.2, -0.15) is 5.10 Å². The molecule has 0 radical (unpaired) electrons. The number of nitrogen functional groups attached to an aromatic ring is 1. The number of aryl methyl sites for hydroxylation is 1. The van der Waals surface area contributed by atoms with E-state index < -0.39 is 0 Å². The first-order chi connectivity index (χ1) is 8.13. The Morgan fingerprint density at radius 1 is 1.35 bits per heavy atom. The number of nitrogens with zero attached hydrogens (tertiary/aromatic N) is 4. The van der Waals surface area contributed by atoms with Crippen molar-refractivity contribution in [2.24, 2.45) is 7.05 Å². The Bertz CT molecular complexity index is 491. The number of hydrogen-bond donors (Lipinski definition) is 1. The van der Waals surface area contributed by atoms with Crippen molar-refractivity contribution in [1.82, 2.24) is 19.7 Å². The highest BCUT2D eigenvalue weighted by atomic mass is 15.2. The third-order valence-electron chi connectivity index (χ3n) is 2.47. The van der Waals surface area contributed by atoms with E-state index in [2.05, 4.69) is 22.0 Å². The lowest BCUT2D eigenvalue weighted by atomic mass is 10.3. The Labute approximate surface area is 101 Å². The second-order valence-corrected chi connectivity index (χ2v) is 4.25. The van der Waals surface area contributed by atoms with E-state index in [-0.39, 0.29) is 0 Å². The third kappa shape index (κ3) is 3.29. The van der Waals surface area contributed by atoms with Crippen LogP contribution in [0.25, 0.3) is 0 Å². The molecule has 0 aliphatic heterocycles. The monoisotopic (exact) mass is 231 g/mol. The normalized spacial score (nSPS) is 11.0. The van der Waals surface area contributed by atoms with Gasteiger partial charge < -0.3 is 5.73 Å². The summed E-state index contributed by atoms with van der Waals surface area (Å²) in [6.07, 6.45) is 3.90. The van der Waals surface area contributed by atoms with Gasteiger partial charge in [0, 0.05) is 31.9 Å². The Kier molecular flexibility index (Phi) is 3.39. The quantitative estimate of drug-likeness (QED) is 0.853. The molecule has 0 unspecified atom stereocenters. The number of hydrogen-bond acceptors (Lipinski definition) is 4. The highest BCUT2D eigenvalue weighted by Gasteiger charge is 2.04. The Morgan fingerprint density at radius 3 is 2.82 bits per heavy atom. The van der Waals surface area contributed by atoms with E-state index in [0.29, 0.717) is 5.82 Å². The minimum absolute atomic E-state index is 0.567. The summed E-state index contributed by atoms with van der Waals surface area (Å²) in [7, 11) is 3.97. The highest BCUT2D eigenvalue weighted by Crippen LogP contribution is 2.07. The molecule has 17 heavy (non-hydrogen) atoms. The number of aromatic nitrogens is 3. The number of anilines is 1. The van der Waals surface area contributed by atoms with E-state index in [4.69, 9.17) is 5.73 Å². The molecule has 0 saturated carbocycles. The molecule has 0 fully saturated rings. The molecule has 0 aliphatic carbocycles. The minimum atomic E-state index is 0.567. The van der Waals surface area contributed by atoms with Crippen LogP contribution in [0.4, 0.5) is 5.82 Å². The van der Waals surface area contributed by atoms with Crippen molar-refractivity contribution in [3.63, 3.8) is 0 Å². The highest BCUT2D eigenvalue weighted by molar-refractivity contribution is 5.28. The van der Waals surface area contributed by atoms with Crippen molar-refractivity contribution in [3.05, 3.63) is 41.9 Å². The first-order valence-electron chi connectivity index (χ1n) is 5.51. The van der Waals surface area contributed by atoms with Crippen molar-refractivity contribution >= 4 is 5.82 Å². The van der Waals surface area contributed by atoms with E-state index in [1.165, 1.54) is 5.56 Å². The molecule has 2 aromatic rings. The van der Waals surface area contributed by atoms with E-state index in [9.17, 15) is 0 Å². The fraction of sp³-hybridized carbons (Fsp3) is 0.333. The van der Waals surface area contributed by atoms with Gasteiger partial charge in [-0.3, -0.25) is 9.58 Å². The summed E-state index contributed by atoms with van der Waals surface area (Å²) in [4.78, 5) is 6.45. The number of pyridine rings is 1. The van der Waals surface area contributed by atoms with Crippen LogP contribution in [-0.4, -0.2) is 26.7 Å². The maximum Gasteiger partial charge on any atom is 0.123 e. The third-order valence-corrected chi connectivity index (χ3v) is 2.47. The SMILES string of the molecule is CN(Cc1cnn(C)c1)Cc1cccc(N)n1. The summed E-state index contributed by atoms with van der Waals surface area (Å²) in [5, 5.41) is 4.15. The molecule has 0 aliphatic rings. The summed E-state index contributed by atoms with van der Waals surface area (Å²) in [5.41, 5.74) is 7.82. The second-order valence-electron chi connectivity index (χ2n) is 4.25. The maximum absolute atomic E-state index is 5.65. The van der Waals surface area contributed by atoms with Gasteiger partial charge in [0.25, 0.3) is 0 Å². The lowest BCUT2D eigenvalue weighted by Gasteiger charge is -2.15. The summed E-state index contributed by atoms with van der Waals surface area (Å²) >= 11 is 0. The zero-order valence-corrected chi connectivity index (χ0v) is 10.2. The van der Waals surface area contributed by atoms with Crippen LogP contribution in [-0.2, 0) is 20.1 Å². The first-order valence-corrected chi connectivity index (χ1v) is 5.51. The zero-order chi connectivity index (χ0) is 12.3. The molecule has 0 spiro atoms. The van der Waals surface area contributed by atoms with E-state index in [1.54, 1.807) is 6.07 Å². The second kappa shape index (κ2) is 4.97. The zero-order valence-electron chi connectivity index (χ0n) is 10.2. The smallest absolute Gasteiger partial charge is 0.123 e. The molecule has 0 atom stereocenters. The van der Waals surface area contributed by atoms with Gasteiger partial charge in [-0.05, 0) is 19.2 Å². The fourth-order valence-electron chi connectivity index (χ4n) is 1.78. The van der Waals surface area contributed by atoms with Crippen LogP contribution in [0.5, 0.6) is 0 Å². The molecule has 0 aromatic carbocycles. The number of nitrogens with two attached hydrogens (primary N) is 1. The molecule has 2 aromatic heterocycles. The van der Waals surface area contributed by atoms with Crippen molar-refractivity contribution < 1.29 is 0 Å². The minimum Gasteiger partial charge on any atom is -0.384 e. The molecule has 90 valence electrons. The molecular weight excluding hydrogens is 214 g/mol. The van der Waals surface area contributed by atoms with Gasteiger partial charge >= 0.3 is 0 Å². The van der Waals surface area contributed by atoms with Gasteiger partial charge in [0.2, 0.25) is 0 Å². The van der Waals surface area contributed by atoms with Crippen LogP contribution in [0.2, 0.25) is 0 Å². The Hall–Kier alpha value is -1.88. The molecule has 2 rings (SSSR count). The van der Waals surface area contributed by atoms with Crippen LogP contribution >= 0.6 is 0 Å². The van der Waals surface area contributed by atoms with Crippen LogP contribution in [0, 0.1) is 0 Å². The fourth-order valence-corrected chi connectivity index (χ4v) is 1.78. The standard InChI is InChI=1S/C12H17N5/c1-16(7-10-6-14-17(2)8-10)9-11-4-3-5-12(13)15-11/h3-6,8H,7,9H2,1-2H3,(H2,13,15). The molecular formula is C12H17N5. The van der Waals surface area contributed by atoms with Crippen molar-refractivity contribution in [2.75, 3.05) is 12.8 Å². The molecule has 5 heteroatoms. The number of rotatable bonds is 4. The largest absolute Gasteiger partial charge is 0.384 e.